The first-order valence-corrected chi connectivity index (χ1v) is 5.01. The van der Waals surface area contributed by atoms with Crippen molar-refractivity contribution in [2.45, 2.75) is 6.18 Å². The van der Waals surface area contributed by atoms with Gasteiger partial charge in [-0.1, -0.05) is 0 Å². The summed E-state index contributed by atoms with van der Waals surface area (Å²) < 4.78 is 50.8. The van der Waals surface area contributed by atoms with Gasteiger partial charge >= 0.3 is 6.18 Å². The zero-order valence-corrected chi connectivity index (χ0v) is 10.1. The van der Waals surface area contributed by atoms with Gasteiger partial charge in [0.2, 0.25) is 5.96 Å². The lowest BCUT2D eigenvalue weighted by Gasteiger charge is -2.08. The van der Waals surface area contributed by atoms with Crippen molar-refractivity contribution in [2.24, 2.45) is 27.2 Å². The van der Waals surface area contributed by atoms with Crippen molar-refractivity contribution in [3.05, 3.63) is 33.6 Å². The van der Waals surface area contributed by atoms with E-state index in [9.17, 15) is 27.7 Å². The number of nitrogens with zero attached hydrogens (tertiary/aromatic N) is 3. The minimum Gasteiger partial charge on any atom is -0.370 e. The molecular formula is C9H8F4N6O2. The van der Waals surface area contributed by atoms with Gasteiger partial charge in [0.05, 0.1) is 10.5 Å². The van der Waals surface area contributed by atoms with Crippen molar-refractivity contribution in [3.8, 4) is 0 Å². The fourth-order valence-electron chi connectivity index (χ4n) is 1.29. The van der Waals surface area contributed by atoms with Gasteiger partial charge < -0.3 is 17.2 Å². The Morgan fingerprint density at radius 1 is 1.24 bits per heavy atom. The maximum atomic E-state index is 13.4. The van der Waals surface area contributed by atoms with Gasteiger partial charge in [0.1, 0.15) is 11.5 Å². The van der Waals surface area contributed by atoms with Gasteiger partial charge in [-0.3, -0.25) is 10.1 Å². The van der Waals surface area contributed by atoms with E-state index in [0.29, 0.717) is 0 Å². The monoisotopic (exact) mass is 308 g/mol. The predicted molar refractivity (Wildman–Crippen MR) is 65.1 cm³/mol. The Kier molecular flexibility index (Phi) is 4.30. The standard InChI is InChI=1S/C9H8F4N6O2/c10-4-2-5(17-8(16)18-7(14)15)6(19(20)21)1-3(4)9(11,12)13/h1-2H,(H6,14,15,16,17,18). The third-order valence-corrected chi connectivity index (χ3v) is 2.04. The molecule has 0 amide bonds. The van der Waals surface area contributed by atoms with Crippen molar-refractivity contribution < 1.29 is 22.5 Å². The number of alkyl halides is 3. The van der Waals surface area contributed by atoms with Crippen LogP contribution in [0.15, 0.2) is 22.1 Å². The van der Waals surface area contributed by atoms with Gasteiger partial charge in [-0.15, -0.1) is 0 Å². The van der Waals surface area contributed by atoms with E-state index in [4.69, 9.17) is 17.2 Å². The lowest BCUT2D eigenvalue weighted by molar-refractivity contribution is -0.384. The zero-order valence-electron chi connectivity index (χ0n) is 10.1. The van der Waals surface area contributed by atoms with Crippen molar-refractivity contribution in [1.82, 2.24) is 0 Å². The lowest BCUT2D eigenvalue weighted by Crippen LogP contribution is -2.26. The van der Waals surface area contributed by atoms with Crippen LogP contribution in [0.2, 0.25) is 0 Å². The summed E-state index contributed by atoms with van der Waals surface area (Å²) in [6, 6.07) is 0.229. The molecule has 0 spiro atoms. The SMILES string of the molecule is NC(N)=NC(N)=Nc1cc(F)c(C(F)(F)F)cc1[N+](=O)[O-]. The molecule has 21 heavy (non-hydrogen) atoms. The van der Waals surface area contributed by atoms with E-state index in [1.165, 1.54) is 0 Å². The first-order chi connectivity index (χ1) is 9.52. The first-order valence-electron chi connectivity index (χ1n) is 5.01. The third kappa shape index (κ3) is 4.02. The highest BCUT2D eigenvalue weighted by atomic mass is 19.4. The van der Waals surface area contributed by atoms with Crippen LogP contribution in [-0.2, 0) is 6.18 Å². The summed E-state index contributed by atoms with van der Waals surface area (Å²) in [7, 11) is 0. The van der Waals surface area contributed by atoms with E-state index in [1.54, 1.807) is 0 Å². The van der Waals surface area contributed by atoms with Crippen LogP contribution in [0.25, 0.3) is 0 Å². The minimum absolute atomic E-state index is 0.0109. The molecule has 0 aliphatic heterocycles. The fraction of sp³-hybridized carbons (Fsp3) is 0.111. The molecule has 6 N–H and O–H groups in total. The summed E-state index contributed by atoms with van der Waals surface area (Å²) in [6.45, 7) is 0. The predicted octanol–water partition coefficient (Wildman–Crippen LogP) is 0.972. The fourth-order valence-corrected chi connectivity index (χ4v) is 1.29. The number of hydrogen-bond acceptors (Lipinski definition) is 3. The Morgan fingerprint density at radius 2 is 1.81 bits per heavy atom. The molecule has 0 radical (unpaired) electrons. The van der Waals surface area contributed by atoms with Gasteiger partial charge in [-0.25, -0.2) is 9.38 Å². The number of nitro groups is 1. The van der Waals surface area contributed by atoms with Crippen LogP contribution in [0.3, 0.4) is 0 Å². The second-order valence-corrected chi connectivity index (χ2v) is 3.58. The molecule has 0 atom stereocenters. The summed E-state index contributed by atoms with van der Waals surface area (Å²) >= 11 is 0. The third-order valence-electron chi connectivity index (χ3n) is 2.04. The van der Waals surface area contributed by atoms with E-state index in [1.807, 2.05) is 0 Å². The number of halogens is 4. The maximum absolute atomic E-state index is 13.4. The summed E-state index contributed by atoms with van der Waals surface area (Å²) in [5, 5.41) is 10.7. The number of nitrogens with two attached hydrogens (primary N) is 3. The molecule has 114 valence electrons. The van der Waals surface area contributed by atoms with Crippen LogP contribution in [-0.4, -0.2) is 16.8 Å². The number of guanidine groups is 2. The van der Waals surface area contributed by atoms with E-state index in [2.05, 4.69) is 9.98 Å². The summed E-state index contributed by atoms with van der Waals surface area (Å²) in [5.41, 5.74) is 11.5. The van der Waals surface area contributed by atoms with E-state index in [-0.39, 0.29) is 12.1 Å². The van der Waals surface area contributed by atoms with Crippen LogP contribution in [0.4, 0.5) is 28.9 Å². The van der Waals surface area contributed by atoms with Crippen molar-refractivity contribution in [2.75, 3.05) is 0 Å². The Morgan fingerprint density at radius 3 is 2.24 bits per heavy atom. The number of hydrogen-bond donors (Lipinski definition) is 3. The molecule has 0 saturated carbocycles. The lowest BCUT2D eigenvalue weighted by atomic mass is 10.1. The van der Waals surface area contributed by atoms with Gasteiger partial charge in [0, 0.05) is 12.1 Å². The Balaban J connectivity index is 3.51. The molecule has 0 fully saturated rings. The van der Waals surface area contributed by atoms with Crippen molar-refractivity contribution in [1.29, 1.82) is 0 Å². The van der Waals surface area contributed by atoms with E-state index < -0.39 is 45.8 Å². The molecular weight excluding hydrogens is 300 g/mol. The second-order valence-electron chi connectivity index (χ2n) is 3.58. The molecule has 1 aromatic carbocycles. The van der Waals surface area contributed by atoms with Crippen LogP contribution in [0, 0.1) is 15.9 Å². The molecule has 8 nitrogen and oxygen atoms in total. The summed E-state index contributed by atoms with van der Waals surface area (Å²) in [4.78, 5) is 16.1. The number of nitro benzene ring substituents is 1. The highest BCUT2D eigenvalue weighted by molar-refractivity contribution is 5.94. The van der Waals surface area contributed by atoms with Gasteiger partial charge in [-0.2, -0.15) is 18.2 Å². The van der Waals surface area contributed by atoms with Crippen LogP contribution < -0.4 is 17.2 Å². The molecule has 0 bridgehead atoms. The molecule has 12 heteroatoms. The van der Waals surface area contributed by atoms with Crippen molar-refractivity contribution in [3.63, 3.8) is 0 Å². The van der Waals surface area contributed by atoms with E-state index >= 15 is 0 Å². The molecule has 1 rings (SSSR count). The van der Waals surface area contributed by atoms with Gasteiger partial charge in [0.25, 0.3) is 5.69 Å². The molecule has 0 aliphatic carbocycles. The topological polar surface area (TPSA) is 146 Å². The minimum atomic E-state index is -5.09. The Bertz CT molecular complexity index is 636. The Hall–Kier alpha value is -2.92. The molecule has 0 aliphatic rings. The normalized spacial score (nSPS) is 12.1. The smallest absolute Gasteiger partial charge is 0.370 e. The van der Waals surface area contributed by atoms with Crippen LogP contribution in [0.1, 0.15) is 5.56 Å². The number of rotatable bonds is 2. The second kappa shape index (κ2) is 5.60. The zero-order chi connectivity index (χ0) is 16.4. The average molecular weight is 308 g/mol. The van der Waals surface area contributed by atoms with E-state index in [0.717, 1.165) is 0 Å². The first kappa shape index (κ1) is 16.1. The molecule has 1 aromatic rings. The number of benzene rings is 1. The quantitative estimate of drug-likeness (QED) is 0.245. The largest absolute Gasteiger partial charge is 0.419 e. The highest BCUT2D eigenvalue weighted by Crippen LogP contribution is 2.38. The van der Waals surface area contributed by atoms with Gasteiger partial charge in [-0.05, 0) is 0 Å². The van der Waals surface area contributed by atoms with Crippen LogP contribution in [0.5, 0.6) is 0 Å². The number of aliphatic imine (C=N–C) groups is 2. The summed E-state index contributed by atoms with van der Waals surface area (Å²) in [6.07, 6.45) is -5.09. The Labute approximate surface area is 114 Å². The summed E-state index contributed by atoms with van der Waals surface area (Å²) in [5.74, 6) is -2.96. The molecule has 0 unspecified atom stereocenters. The molecule has 0 aromatic heterocycles. The molecule has 0 saturated heterocycles. The van der Waals surface area contributed by atoms with Crippen molar-refractivity contribution >= 4 is 23.3 Å². The average Bonchev–Trinajstić information content (AvgIpc) is 2.24. The van der Waals surface area contributed by atoms with Crippen LogP contribution >= 0.6 is 0 Å². The van der Waals surface area contributed by atoms with Gasteiger partial charge in [0.15, 0.2) is 5.96 Å². The highest BCUT2D eigenvalue weighted by Gasteiger charge is 2.37. The maximum Gasteiger partial charge on any atom is 0.419 e. The molecule has 0 heterocycles.